The van der Waals surface area contributed by atoms with Crippen molar-refractivity contribution in [3.63, 3.8) is 0 Å². The molecule has 23 heavy (non-hydrogen) atoms. The second kappa shape index (κ2) is 7.55. The van der Waals surface area contributed by atoms with Gasteiger partial charge in [0.25, 0.3) is 0 Å². The zero-order valence-electron chi connectivity index (χ0n) is 16.5. The fourth-order valence-corrected chi connectivity index (χ4v) is 10.9. The molecule has 0 amide bonds. The van der Waals surface area contributed by atoms with Crippen molar-refractivity contribution in [2.75, 3.05) is 26.3 Å². The fraction of sp³-hybridized carbons (Fsp3) is 1.00. The van der Waals surface area contributed by atoms with E-state index in [0.29, 0.717) is 28.3 Å². The van der Waals surface area contributed by atoms with E-state index >= 15 is 0 Å². The summed E-state index contributed by atoms with van der Waals surface area (Å²) in [4.78, 5) is 2.69. The molecule has 136 valence electrons. The van der Waals surface area contributed by atoms with Crippen molar-refractivity contribution >= 4 is 8.32 Å². The minimum Gasteiger partial charge on any atom is -0.411 e. The van der Waals surface area contributed by atoms with E-state index in [2.05, 4.69) is 53.4 Å². The lowest BCUT2D eigenvalue weighted by atomic mass is 10.1. The lowest BCUT2D eigenvalue weighted by molar-refractivity contribution is -0.00435. The Labute approximate surface area is 145 Å². The molecule has 2 aliphatic rings. The minimum absolute atomic E-state index is 0.315. The van der Waals surface area contributed by atoms with Crippen molar-refractivity contribution in [3.05, 3.63) is 0 Å². The molecule has 0 aromatic carbocycles. The SMILES string of the molecule is CCC[C@]1(N2CCOCC2)C[C@@H]1O[Si](C(C)C)(C(C)C)C(C)C. The fourth-order valence-electron chi connectivity index (χ4n) is 5.26. The van der Waals surface area contributed by atoms with Gasteiger partial charge in [-0.1, -0.05) is 54.9 Å². The largest absolute Gasteiger partial charge is 0.411 e. The summed E-state index contributed by atoms with van der Waals surface area (Å²) in [5.41, 5.74) is 2.33. The molecular formula is C19H39NO2Si. The first-order valence-electron chi connectivity index (χ1n) is 9.81. The first kappa shape index (κ1) is 19.4. The van der Waals surface area contributed by atoms with Gasteiger partial charge < -0.3 is 9.16 Å². The number of nitrogens with zero attached hydrogens (tertiary/aromatic N) is 1. The summed E-state index contributed by atoms with van der Waals surface area (Å²) in [6, 6.07) is 0. The van der Waals surface area contributed by atoms with Gasteiger partial charge >= 0.3 is 0 Å². The van der Waals surface area contributed by atoms with E-state index in [1.807, 2.05) is 0 Å². The Balaban J connectivity index is 2.17. The molecular weight excluding hydrogens is 302 g/mol. The Bertz CT molecular complexity index is 358. The summed E-state index contributed by atoms with van der Waals surface area (Å²) in [7, 11) is -1.77. The Morgan fingerprint density at radius 3 is 2.00 bits per heavy atom. The molecule has 0 spiro atoms. The number of ether oxygens (including phenoxy) is 1. The van der Waals surface area contributed by atoms with E-state index in [0.717, 1.165) is 26.3 Å². The second-order valence-electron chi connectivity index (χ2n) is 8.58. The van der Waals surface area contributed by atoms with Crippen molar-refractivity contribution in [3.8, 4) is 0 Å². The summed E-state index contributed by atoms with van der Waals surface area (Å²) in [6.07, 6.45) is 4.22. The second-order valence-corrected chi connectivity index (χ2v) is 14.0. The van der Waals surface area contributed by atoms with Crippen LogP contribution in [0.2, 0.25) is 16.6 Å². The van der Waals surface area contributed by atoms with Gasteiger partial charge in [0.05, 0.1) is 19.3 Å². The van der Waals surface area contributed by atoms with Crippen LogP contribution in [0, 0.1) is 0 Å². The summed E-state index contributed by atoms with van der Waals surface area (Å²) in [5.74, 6) is 0. The predicted octanol–water partition coefficient (Wildman–Crippen LogP) is 4.82. The Kier molecular flexibility index (Phi) is 6.37. The van der Waals surface area contributed by atoms with Crippen LogP contribution in [0.3, 0.4) is 0 Å². The Hall–Kier alpha value is 0.0969. The number of hydrogen-bond donors (Lipinski definition) is 0. The van der Waals surface area contributed by atoms with E-state index in [9.17, 15) is 0 Å². The summed E-state index contributed by atoms with van der Waals surface area (Å²) in [6.45, 7) is 20.6. The highest BCUT2D eigenvalue weighted by molar-refractivity contribution is 6.77. The van der Waals surface area contributed by atoms with Crippen LogP contribution in [0.1, 0.15) is 67.7 Å². The topological polar surface area (TPSA) is 21.7 Å². The predicted molar refractivity (Wildman–Crippen MR) is 101 cm³/mol. The average Bonchev–Trinajstić information content (AvgIpc) is 3.19. The molecule has 2 atom stereocenters. The lowest BCUT2D eigenvalue weighted by Crippen LogP contribution is -2.52. The molecule has 0 aromatic rings. The van der Waals surface area contributed by atoms with Crippen molar-refractivity contribution in [1.82, 2.24) is 4.90 Å². The highest BCUT2D eigenvalue weighted by Crippen LogP contribution is 2.54. The zero-order valence-corrected chi connectivity index (χ0v) is 17.5. The van der Waals surface area contributed by atoms with Crippen molar-refractivity contribution < 1.29 is 9.16 Å². The van der Waals surface area contributed by atoms with E-state index < -0.39 is 8.32 Å². The van der Waals surface area contributed by atoms with Gasteiger partial charge in [-0.25, -0.2) is 0 Å². The van der Waals surface area contributed by atoms with Gasteiger partial charge in [-0.15, -0.1) is 0 Å². The maximum absolute atomic E-state index is 7.11. The van der Waals surface area contributed by atoms with Crippen molar-refractivity contribution in [2.45, 2.75) is 96.0 Å². The third-order valence-corrected chi connectivity index (χ3v) is 12.5. The minimum atomic E-state index is -1.77. The normalized spacial score (nSPS) is 29.7. The van der Waals surface area contributed by atoms with E-state index in [1.54, 1.807) is 0 Å². The van der Waals surface area contributed by atoms with E-state index in [-0.39, 0.29) is 0 Å². The highest BCUT2D eigenvalue weighted by atomic mass is 28.4. The smallest absolute Gasteiger partial charge is 0.200 e. The number of morpholine rings is 1. The monoisotopic (exact) mass is 341 g/mol. The maximum Gasteiger partial charge on any atom is 0.200 e. The number of hydrogen-bond acceptors (Lipinski definition) is 3. The highest BCUT2D eigenvalue weighted by Gasteiger charge is 2.62. The summed E-state index contributed by atoms with van der Waals surface area (Å²) < 4.78 is 12.7. The molecule has 0 N–H and O–H groups in total. The standard InChI is InChI=1S/C19H39NO2Si/c1-8-9-19(20-10-12-21-13-11-20)14-18(19)22-23(15(2)3,16(4)5)17(6)7/h15-18H,8-14H2,1-7H3/t18-,19-/m0/s1. The molecule has 1 aliphatic carbocycles. The molecule has 2 rings (SSSR count). The maximum atomic E-state index is 7.11. The van der Waals surface area contributed by atoms with Crippen LogP contribution in [-0.2, 0) is 9.16 Å². The van der Waals surface area contributed by atoms with Crippen LogP contribution < -0.4 is 0 Å². The molecule has 0 aromatic heterocycles. The molecule has 1 saturated carbocycles. The van der Waals surface area contributed by atoms with Crippen LogP contribution in [0.25, 0.3) is 0 Å². The van der Waals surface area contributed by atoms with Gasteiger partial charge in [0.15, 0.2) is 0 Å². The molecule has 0 bridgehead atoms. The molecule has 3 nitrogen and oxygen atoms in total. The Morgan fingerprint density at radius 2 is 1.57 bits per heavy atom. The van der Waals surface area contributed by atoms with Gasteiger partial charge in [-0.05, 0) is 29.5 Å². The van der Waals surface area contributed by atoms with Gasteiger partial charge in [-0.3, -0.25) is 4.90 Å². The Morgan fingerprint density at radius 1 is 1.04 bits per heavy atom. The molecule has 1 aliphatic heterocycles. The first-order chi connectivity index (χ1) is 10.8. The van der Waals surface area contributed by atoms with E-state index in [1.165, 1.54) is 19.3 Å². The summed E-state index contributed by atoms with van der Waals surface area (Å²) in [5, 5.41) is 0. The molecule has 2 fully saturated rings. The van der Waals surface area contributed by atoms with Gasteiger partial charge in [0.2, 0.25) is 8.32 Å². The quantitative estimate of drug-likeness (QED) is 0.591. The molecule has 0 unspecified atom stereocenters. The molecule has 1 heterocycles. The molecule has 4 heteroatoms. The zero-order chi connectivity index (χ0) is 17.3. The van der Waals surface area contributed by atoms with E-state index in [4.69, 9.17) is 9.16 Å². The van der Waals surface area contributed by atoms with Crippen LogP contribution in [-0.4, -0.2) is 51.2 Å². The van der Waals surface area contributed by atoms with Crippen LogP contribution >= 0.6 is 0 Å². The van der Waals surface area contributed by atoms with Crippen LogP contribution in [0.15, 0.2) is 0 Å². The third kappa shape index (κ3) is 3.56. The van der Waals surface area contributed by atoms with Gasteiger partial charge in [-0.2, -0.15) is 0 Å². The molecule has 0 radical (unpaired) electrons. The van der Waals surface area contributed by atoms with Crippen molar-refractivity contribution in [1.29, 1.82) is 0 Å². The number of rotatable bonds is 8. The molecule has 1 saturated heterocycles. The first-order valence-corrected chi connectivity index (χ1v) is 12.0. The average molecular weight is 342 g/mol. The van der Waals surface area contributed by atoms with Gasteiger partial charge in [0, 0.05) is 18.6 Å². The van der Waals surface area contributed by atoms with Crippen LogP contribution in [0.5, 0.6) is 0 Å². The summed E-state index contributed by atoms with van der Waals surface area (Å²) >= 11 is 0. The van der Waals surface area contributed by atoms with Gasteiger partial charge in [0.1, 0.15) is 0 Å². The van der Waals surface area contributed by atoms with Crippen LogP contribution in [0.4, 0.5) is 0 Å². The van der Waals surface area contributed by atoms with Crippen molar-refractivity contribution in [2.24, 2.45) is 0 Å². The third-order valence-electron chi connectivity index (χ3n) is 6.36. The lowest BCUT2D eigenvalue weighted by Gasteiger charge is -2.44.